The van der Waals surface area contributed by atoms with Crippen LogP contribution in [0.2, 0.25) is 0 Å². The van der Waals surface area contributed by atoms with E-state index in [1.807, 2.05) is 19.2 Å². The molecule has 0 saturated carbocycles. The Morgan fingerprint density at radius 1 is 0.958 bits per heavy atom. The standard InChI is InChI=1S/C17H12FN5O/c1-23-16-11(10-21-23)2-7-15(22-16)12-8-19-17(20-9-12)24-14-5-3-13(18)4-6-14/h2-10H,1H3. The summed E-state index contributed by atoms with van der Waals surface area (Å²) >= 11 is 0. The first-order valence-corrected chi connectivity index (χ1v) is 7.24. The molecule has 0 atom stereocenters. The largest absolute Gasteiger partial charge is 0.424 e. The van der Waals surface area contributed by atoms with Gasteiger partial charge in [-0.3, -0.25) is 4.68 Å². The van der Waals surface area contributed by atoms with Gasteiger partial charge in [0, 0.05) is 30.4 Å². The number of aromatic nitrogens is 5. The number of fused-ring (bicyclic) bond motifs is 1. The SMILES string of the molecule is Cn1ncc2ccc(-c3cnc(Oc4ccc(F)cc4)nc3)nc21. The minimum Gasteiger partial charge on any atom is -0.424 e. The third kappa shape index (κ3) is 2.67. The predicted molar refractivity (Wildman–Crippen MR) is 86.0 cm³/mol. The molecule has 0 radical (unpaired) electrons. The second-order valence-corrected chi connectivity index (χ2v) is 5.19. The molecule has 1 aromatic carbocycles. The maximum atomic E-state index is 12.9. The summed E-state index contributed by atoms with van der Waals surface area (Å²) in [4.78, 5) is 12.9. The molecule has 118 valence electrons. The predicted octanol–water partition coefficient (Wildman–Crippen LogP) is 3.36. The van der Waals surface area contributed by atoms with Crippen LogP contribution in [-0.2, 0) is 7.05 Å². The van der Waals surface area contributed by atoms with Crippen LogP contribution in [0.25, 0.3) is 22.3 Å². The van der Waals surface area contributed by atoms with Crippen molar-refractivity contribution < 1.29 is 9.13 Å². The van der Waals surface area contributed by atoms with Crippen LogP contribution >= 0.6 is 0 Å². The summed E-state index contributed by atoms with van der Waals surface area (Å²) in [6.45, 7) is 0. The van der Waals surface area contributed by atoms with Crippen LogP contribution in [0, 0.1) is 5.82 Å². The molecule has 0 saturated heterocycles. The minimum atomic E-state index is -0.324. The third-order valence-corrected chi connectivity index (χ3v) is 3.53. The van der Waals surface area contributed by atoms with Gasteiger partial charge in [-0.2, -0.15) is 5.10 Å². The lowest BCUT2D eigenvalue weighted by Gasteiger charge is -2.05. The molecule has 0 aliphatic rings. The van der Waals surface area contributed by atoms with Crippen molar-refractivity contribution in [1.29, 1.82) is 0 Å². The molecule has 4 rings (SSSR count). The smallest absolute Gasteiger partial charge is 0.321 e. The first-order valence-electron chi connectivity index (χ1n) is 7.24. The van der Waals surface area contributed by atoms with Crippen molar-refractivity contribution in [3.05, 3.63) is 60.8 Å². The summed E-state index contributed by atoms with van der Waals surface area (Å²) in [5.74, 6) is 0.147. The van der Waals surface area contributed by atoms with Crippen LogP contribution in [-0.4, -0.2) is 24.7 Å². The van der Waals surface area contributed by atoms with E-state index in [9.17, 15) is 4.39 Å². The Morgan fingerprint density at radius 2 is 1.71 bits per heavy atom. The summed E-state index contributed by atoms with van der Waals surface area (Å²) in [6, 6.07) is 9.70. The van der Waals surface area contributed by atoms with Gasteiger partial charge >= 0.3 is 6.01 Å². The molecule has 7 heteroatoms. The van der Waals surface area contributed by atoms with Crippen LogP contribution in [0.1, 0.15) is 0 Å². The number of aryl methyl sites for hydroxylation is 1. The molecule has 0 fully saturated rings. The average molecular weight is 321 g/mol. The number of hydrogen-bond acceptors (Lipinski definition) is 5. The molecule has 0 aliphatic heterocycles. The number of benzene rings is 1. The Labute approximate surface area is 136 Å². The Morgan fingerprint density at radius 3 is 2.46 bits per heavy atom. The van der Waals surface area contributed by atoms with Crippen LogP contribution in [0.3, 0.4) is 0 Å². The van der Waals surface area contributed by atoms with Crippen molar-refractivity contribution >= 4 is 11.0 Å². The van der Waals surface area contributed by atoms with E-state index in [1.54, 1.807) is 23.3 Å². The lowest BCUT2D eigenvalue weighted by molar-refractivity contribution is 0.440. The zero-order chi connectivity index (χ0) is 16.5. The molecule has 0 spiro atoms. The number of nitrogens with zero attached hydrogens (tertiary/aromatic N) is 5. The Bertz CT molecular complexity index is 996. The van der Waals surface area contributed by atoms with Gasteiger partial charge in [-0.05, 0) is 36.4 Å². The quantitative estimate of drug-likeness (QED) is 0.579. The number of hydrogen-bond donors (Lipinski definition) is 0. The first-order chi connectivity index (χ1) is 11.7. The highest BCUT2D eigenvalue weighted by atomic mass is 19.1. The molecule has 3 aromatic heterocycles. The van der Waals surface area contributed by atoms with E-state index >= 15 is 0 Å². The Balaban J connectivity index is 1.60. The van der Waals surface area contributed by atoms with Crippen molar-refractivity contribution in [3.8, 4) is 23.0 Å². The van der Waals surface area contributed by atoms with E-state index in [0.29, 0.717) is 5.75 Å². The fourth-order valence-corrected chi connectivity index (χ4v) is 2.29. The molecule has 0 amide bonds. The Kier molecular flexibility index (Phi) is 3.38. The lowest BCUT2D eigenvalue weighted by Crippen LogP contribution is -1.95. The summed E-state index contributed by atoms with van der Waals surface area (Å²) in [6.07, 6.45) is 5.04. The van der Waals surface area contributed by atoms with Crippen LogP contribution < -0.4 is 4.74 Å². The molecule has 4 aromatic rings. The maximum absolute atomic E-state index is 12.9. The van der Waals surface area contributed by atoms with Gasteiger partial charge in [0.2, 0.25) is 0 Å². The molecule has 3 heterocycles. The summed E-state index contributed by atoms with van der Waals surface area (Å²) < 4.78 is 20.1. The molecule has 24 heavy (non-hydrogen) atoms. The third-order valence-electron chi connectivity index (χ3n) is 3.53. The monoisotopic (exact) mass is 321 g/mol. The Hall–Kier alpha value is -3.35. The molecule has 0 unspecified atom stereocenters. The highest BCUT2D eigenvalue weighted by Gasteiger charge is 2.07. The van der Waals surface area contributed by atoms with Crippen molar-refractivity contribution in [1.82, 2.24) is 24.7 Å². The van der Waals surface area contributed by atoms with Gasteiger partial charge in [0.05, 0.1) is 11.9 Å². The molecule has 0 bridgehead atoms. The van der Waals surface area contributed by atoms with E-state index in [-0.39, 0.29) is 11.8 Å². The molecular formula is C17H12FN5O. The van der Waals surface area contributed by atoms with Gasteiger partial charge in [0.1, 0.15) is 11.6 Å². The minimum absolute atomic E-state index is 0.187. The van der Waals surface area contributed by atoms with E-state index < -0.39 is 0 Å². The second-order valence-electron chi connectivity index (χ2n) is 5.19. The molecular weight excluding hydrogens is 309 g/mol. The normalized spacial score (nSPS) is 10.9. The van der Waals surface area contributed by atoms with Crippen molar-refractivity contribution in [2.45, 2.75) is 0 Å². The first kappa shape index (κ1) is 14.3. The van der Waals surface area contributed by atoms with Gasteiger partial charge in [0.25, 0.3) is 0 Å². The zero-order valence-electron chi connectivity index (χ0n) is 12.7. The molecule has 0 N–H and O–H groups in total. The number of ether oxygens (including phenoxy) is 1. The van der Waals surface area contributed by atoms with Gasteiger partial charge in [0.15, 0.2) is 5.65 Å². The lowest BCUT2D eigenvalue weighted by atomic mass is 10.2. The van der Waals surface area contributed by atoms with Crippen LogP contribution in [0.4, 0.5) is 4.39 Å². The van der Waals surface area contributed by atoms with E-state index in [0.717, 1.165) is 22.3 Å². The summed E-state index contributed by atoms with van der Waals surface area (Å²) in [5.41, 5.74) is 2.31. The fourth-order valence-electron chi connectivity index (χ4n) is 2.29. The molecule has 0 aliphatic carbocycles. The maximum Gasteiger partial charge on any atom is 0.321 e. The van der Waals surface area contributed by atoms with E-state index in [2.05, 4.69) is 20.1 Å². The van der Waals surface area contributed by atoms with E-state index in [1.165, 1.54) is 24.3 Å². The van der Waals surface area contributed by atoms with E-state index in [4.69, 9.17) is 4.74 Å². The van der Waals surface area contributed by atoms with Crippen molar-refractivity contribution in [2.24, 2.45) is 7.05 Å². The number of halogens is 1. The highest BCUT2D eigenvalue weighted by molar-refractivity contribution is 5.77. The van der Waals surface area contributed by atoms with Gasteiger partial charge in [-0.15, -0.1) is 0 Å². The van der Waals surface area contributed by atoms with Gasteiger partial charge < -0.3 is 4.74 Å². The summed E-state index contributed by atoms with van der Waals surface area (Å²) in [7, 11) is 1.84. The summed E-state index contributed by atoms with van der Waals surface area (Å²) in [5, 5.41) is 5.14. The van der Waals surface area contributed by atoms with Gasteiger partial charge in [-0.25, -0.2) is 19.3 Å². The fraction of sp³-hybridized carbons (Fsp3) is 0.0588. The van der Waals surface area contributed by atoms with Crippen molar-refractivity contribution in [3.63, 3.8) is 0 Å². The average Bonchev–Trinajstić information content (AvgIpc) is 2.98. The topological polar surface area (TPSA) is 65.7 Å². The van der Waals surface area contributed by atoms with Crippen molar-refractivity contribution in [2.75, 3.05) is 0 Å². The zero-order valence-corrected chi connectivity index (χ0v) is 12.7. The number of pyridine rings is 1. The highest BCUT2D eigenvalue weighted by Crippen LogP contribution is 2.22. The van der Waals surface area contributed by atoms with Crippen LogP contribution in [0.5, 0.6) is 11.8 Å². The second kappa shape index (κ2) is 5.69. The molecule has 6 nitrogen and oxygen atoms in total. The van der Waals surface area contributed by atoms with Crippen LogP contribution in [0.15, 0.2) is 55.0 Å². The van der Waals surface area contributed by atoms with Gasteiger partial charge in [-0.1, -0.05) is 0 Å². The number of rotatable bonds is 3.